The van der Waals surface area contributed by atoms with Crippen molar-refractivity contribution in [2.45, 2.75) is 0 Å². The first-order chi connectivity index (χ1) is 10.7. The van der Waals surface area contributed by atoms with E-state index in [0.717, 1.165) is 16.5 Å². The molecule has 0 aliphatic carbocycles. The van der Waals surface area contributed by atoms with Gasteiger partial charge in [-0.15, -0.1) is 0 Å². The number of methoxy groups -OCH3 is 2. The molecule has 3 aromatic rings. The Morgan fingerprint density at radius 2 is 1.64 bits per heavy atom. The summed E-state index contributed by atoms with van der Waals surface area (Å²) in [4.78, 5) is 8.24. The zero-order chi connectivity index (χ0) is 15.7. The molecule has 0 aliphatic heterocycles. The van der Waals surface area contributed by atoms with E-state index in [9.17, 15) is 0 Å². The van der Waals surface area contributed by atoms with E-state index in [1.807, 2.05) is 18.2 Å². The van der Waals surface area contributed by atoms with E-state index in [0.29, 0.717) is 27.1 Å². The van der Waals surface area contributed by atoms with Crippen LogP contribution in [0.2, 0.25) is 10.0 Å². The van der Waals surface area contributed by atoms with Crippen LogP contribution in [0.5, 0.6) is 11.5 Å². The lowest BCUT2D eigenvalue weighted by Crippen LogP contribution is -1.93. The molecule has 0 spiro atoms. The number of nitrogens with zero attached hydrogens (tertiary/aromatic N) is 2. The fourth-order valence-electron chi connectivity index (χ4n) is 2.28. The van der Waals surface area contributed by atoms with E-state index in [1.54, 1.807) is 26.5 Å². The van der Waals surface area contributed by atoms with E-state index in [2.05, 4.69) is 9.97 Å². The number of aromatic nitrogens is 2. The van der Waals surface area contributed by atoms with E-state index in [1.165, 1.54) is 6.33 Å². The first kappa shape index (κ1) is 14.9. The number of hydrogen-bond acceptors (Lipinski definition) is 4. The lowest BCUT2D eigenvalue weighted by Gasteiger charge is -2.15. The molecule has 1 aromatic heterocycles. The maximum Gasteiger partial charge on any atom is 0.141 e. The monoisotopic (exact) mass is 334 g/mol. The highest BCUT2D eigenvalue weighted by Crippen LogP contribution is 2.46. The average Bonchev–Trinajstić information content (AvgIpc) is 2.55. The van der Waals surface area contributed by atoms with Crippen LogP contribution in [-0.4, -0.2) is 24.2 Å². The third kappa shape index (κ3) is 2.45. The molecular formula is C16H12Cl2N2O2. The van der Waals surface area contributed by atoms with Crippen molar-refractivity contribution in [2.75, 3.05) is 14.2 Å². The fraction of sp³-hybridized carbons (Fsp3) is 0.125. The summed E-state index contributed by atoms with van der Waals surface area (Å²) in [5.74, 6) is 1.00. The molecular weight excluding hydrogens is 323 g/mol. The van der Waals surface area contributed by atoms with E-state index >= 15 is 0 Å². The van der Waals surface area contributed by atoms with Crippen LogP contribution in [0.15, 0.2) is 36.8 Å². The highest BCUT2D eigenvalue weighted by molar-refractivity contribution is 6.41. The molecule has 0 bridgehead atoms. The van der Waals surface area contributed by atoms with Crippen LogP contribution in [0.1, 0.15) is 0 Å². The summed E-state index contributed by atoms with van der Waals surface area (Å²) in [6.45, 7) is 0. The van der Waals surface area contributed by atoms with Crippen LogP contribution >= 0.6 is 23.2 Å². The molecule has 0 fully saturated rings. The molecule has 22 heavy (non-hydrogen) atoms. The van der Waals surface area contributed by atoms with Crippen LogP contribution in [0.3, 0.4) is 0 Å². The first-order valence-corrected chi connectivity index (χ1v) is 7.21. The van der Waals surface area contributed by atoms with Crippen LogP contribution in [0, 0.1) is 0 Å². The minimum atomic E-state index is 0.435. The Labute approximate surface area is 137 Å². The van der Waals surface area contributed by atoms with Gasteiger partial charge in [0.05, 0.1) is 29.8 Å². The van der Waals surface area contributed by atoms with E-state index < -0.39 is 0 Å². The summed E-state index contributed by atoms with van der Waals surface area (Å²) in [6, 6.07) is 7.39. The highest BCUT2D eigenvalue weighted by Gasteiger charge is 2.18. The van der Waals surface area contributed by atoms with Gasteiger partial charge in [-0.05, 0) is 17.7 Å². The molecule has 0 aliphatic rings. The Morgan fingerprint density at radius 3 is 2.27 bits per heavy atom. The summed E-state index contributed by atoms with van der Waals surface area (Å²) >= 11 is 12.9. The normalized spacial score (nSPS) is 10.7. The van der Waals surface area contributed by atoms with Crippen molar-refractivity contribution in [3.05, 3.63) is 46.8 Å². The first-order valence-electron chi connectivity index (χ1n) is 6.45. The Morgan fingerprint density at radius 1 is 0.955 bits per heavy atom. The van der Waals surface area contributed by atoms with Gasteiger partial charge in [0.25, 0.3) is 0 Å². The molecule has 0 atom stereocenters. The van der Waals surface area contributed by atoms with Crippen LogP contribution in [0.25, 0.3) is 22.0 Å². The SMILES string of the molecule is COc1cc(OC)c(Cl)c(-c2ccc3ncncc3c2)c1Cl. The van der Waals surface area contributed by atoms with Gasteiger partial charge in [-0.1, -0.05) is 29.3 Å². The van der Waals surface area contributed by atoms with Crippen molar-refractivity contribution < 1.29 is 9.47 Å². The Kier molecular flexibility index (Phi) is 4.05. The predicted molar refractivity (Wildman–Crippen MR) is 88.1 cm³/mol. The Balaban J connectivity index is 2.28. The summed E-state index contributed by atoms with van der Waals surface area (Å²) < 4.78 is 10.6. The number of ether oxygens (including phenoxy) is 2. The number of rotatable bonds is 3. The quantitative estimate of drug-likeness (QED) is 0.700. The van der Waals surface area contributed by atoms with Crippen LogP contribution in [0.4, 0.5) is 0 Å². The second-order valence-corrected chi connectivity index (χ2v) is 5.34. The Bertz CT molecular complexity index is 825. The molecule has 0 radical (unpaired) electrons. The number of halogens is 2. The van der Waals surface area contributed by atoms with E-state index in [-0.39, 0.29) is 0 Å². The number of benzene rings is 2. The molecule has 4 nitrogen and oxygen atoms in total. The molecule has 6 heteroatoms. The minimum Gasteiger partial charge on any atom is -0.495 e. The third-order valence-corrected chi connectivity index (χ3v) is 4.12. The minimum absolute atomic E-state index is 0.435. The smallest absolute Gasteiger partial charge is 0.141 e. The van der Waals surface area contributed by atoms with E-state index in [4.69, 9.17) is 32.7 Å². The van der Waals surface area contributed by atoms with Crippen molar-refractivity contribution in [3.8, 4) is 22.6 Å². The second-order valence-electron chi connectivity index (χ2n) is 4.58. The summed E-state index contributed by atoms with van der Waals surface area (Å²) in [7, 11) is 3.10. The van der Waals surface area contributed by atoms with Gasteiger partial charge in [0.15, 0.2) is 0 Å². The molecule has 0 unspecified atom stereocenters. The van der Waals surface area contributed by atoms with Gasteiger partial charge in [0, 0.05) is 23.2 Å². The maximum absolute atomic E-state index is 6.43. The predicted octanol–water partition coefficient (Wildman–Crippen LogP) is 4.62. The highest BCUT2D eigenvalue weighted by atomic mass is 35.5. The lowest BCUT2D eigenvalue weighted by molar-refractivity contribution is 0.395. The molecule has 0 saturated carbocycles. The van der Waals surface area contributed by atoms with Gasteiger partial charge < -0.3 is 9.47 Å². The molecule has 3 rings (SSSR count). The summed E-state index contributed by atoms with van der Waals surface area (Å²) in [6.07, 6.45) is 3.25. The summed E-state index contributed by atoms with van der Waals surface area (Å²) in [5.41, 5.74) is 2.35. The zero-order valence-corrected chi connectivity index (χ0v) is 13.4. The topological polar surface area (TPSA) is 44.2 Å². The number of hydrogen-bond donors (Lipinski definition) is 0. The van der Waals surface area contributed by atoms with Crippen LogP contribution in [-0.2, 0) is 0 Å². The lowest BCUT2D eigenvalue weighted by atomic mass is 10.0. The van der Waals surface area contributed by atoms with Gasteiger partial charge in [0.2, 0.25) is 0 Å². The average molecular weight is 335 g/mol. The summed E-state index contributed by atoms with van der Waals surface area (Å²) in [5, 5.41) is 1.77. The van der Waals surface area contributed by atoms with Gasteiger partial charge in [-0.2, -0.15) is 0 Å². The molecule has 112 valence electrons. The zero-order valence-electron chi connectivity index (χ0n) is 11.9. The van der Waals surface area contributed by atoms with Gasteiger partial charge in [0.1, 0.15) is 17.8 Å². The van der Waals surface area contributed by atoms with Crippen LogP contribution < -0.4 is 9.47 Å². The molecule has 2 aromatic carbocycles. The fourth-order valence-corrected chi connectivity index (χ4v) is 3.00. The van der Waals surface area contributed by atoms with Crippen molar-refractivity contribution >= 4 is 34.1 Å². The molecule has 0 saturated heterocycles. The second kappa shape index (κ2) is 5.99. The third-order valence-electron chi connectivity index (χ3n) is 3.37. The van der Waals surface area contributed by atoms with Gasteiger partial charge in [-0.25, -0.2) is 9.97 Å². The van der Waals surface area contributed by atoms with Crippen molar-refractivity contribution in [1.82, 2.24) is 9.97 Å². The van der Waals surface area contributed by atoms with Gasteiger partial charge >= 0.3 is 0 Å². The molecule has 1 heterocycles. The van der Waals surface area contributed by atoms with Crippen molar-refractivity contribution in [2.24, 2.45) is 0 Å². The molecule has 0 N–H and O–H groups in total. The Hall–Kier alpha value is -2.04. The molecule has 0 amide bonds. The maximum atomic E-state index is 6.43. The van der Waals surface area contributed by atoms with Crippen molar-refractivity contribution in [3.63, 3.8) is 0 Å². The van der Waals surface area contributed by atoms with Crippen molar-refractivity contribution in [1.29, 1.82) is 0 Å². The van der Waals surface area contributed by atoms with Gasteiger partial charge in [-0.3, -0.25) is 0 Å². The largest absolute Gasteiger partial charge is 0.495 e. The number of fused-ring (bicyclic) bond motifs is 1. The standard InChI is InChI=1S/C16H12Cl2N2O2/c1-21-12-6-13(22-2)16(18)14(15(12)17)9-3-4-11-10(5-9)7-19-8-20-11/h3-8H,1-2H3.